The van der Waals surface area contributed by atoms with Crippen molar-refractivity contribution < 1.29 is 9.47 Å². The van der Waals surface area contributed by atoms with Gasteiger partial charge in [-0.15, -0.1) is 0 Å². The lowest BCUT2D eigenvalue weighted by molar-refractivity contribution is 0.0390. The number of methoxy groups -OCH3 is 1. The molecular weight excluding hydrogens is 116 g/mol. The van der Waals surface area contributed by atoms with Crippen LogP contribution in [0.3, 0.4) is 0 Å². The predicted octanol–water partition coefficient (Wildman–Crippen LogP) is 1.61. The SMILES string of the molecule is CCOC([CH]OC)CC. The van der Waals surface area contributed by atoms with Gasteiger partial charge in [-0.2, -0.15) is 0 Å². The van der Waals surface area contributed by atoms with E-state index in [1.807, 2.05) is 6.92 Å². The van der Waals surface area contributed by atoms with E-state index in [4.69, 9.17) is 9.47 Å². The molecule has 0 aromatic carbocycles. The van der Waals surface area contributed by atoms with E-state index in [0.717, 1.165) is 13.0 Å². The van der Waals surface area contributed by atoms with Gasteiger partial charge in [0.05, 0.1) is 6.10 Å². The molecule has 0 saturated heterocycles. The molecule has 0 saturated carbocycles. The third-order valence-electron chi connectivity index (χ3n) is 1.07. The van der Waals surface area contributed by atoms with Crippen molar-refractivity contribution in [3.8, 4) is 0 Å². The molecule has 2 heteroatoms. The molecule has 0 N–H and O–H groups in total. The quantitative estimate of drug-likeness (QED) is 0.564. The number of hydrogen-bond donors (Lipinski definition) is 0. The minimum atomic E-state index is 0.167. The highest BCUT2D eigenvalue weighted by molar-refractivity contribution is 4.64. The Morgan fingerprint density at radius 2 is 2.11 bits per heavy atom. The summed E-state index contributed by atoms with van der Waals surface area (Å²) in [4.78, 5) is 0. The van der Waals surface area contributed by atoms with Gasteiger partial charge in [-0.1, -0.05) is 6.92 Å². The van der Waals surface area contributed by atoms with Crippen molar-refractivity contribution in [2.24, 2.45) is 0 Å². The van der Waals surface area contributed by atoms with Gasteiger partial charge in [0.15, 0.2) is 0 Å². The molecule has 0 aromatic heterocycles. The molecule has 0 amide bonds. The maximum Gasteiger partial charge on any atom is 0.112 e. The summed E-state index contributed by atoms with van der Waals surface area (Å²) in [5.74, 6) is 0. The second-order valence-electron chi connectivity index (χ2n) is 1.77. The lowest BCUT2D eigenvalue weighted by atomic mass is 10.3. The Morgan fingerprint density at radius 3 is 2.44 bits per heavy atom. The van der Waals surface area contributed by atoms with Crippen molar-refractivity contribution in [2.75, 3.05) is 13.7 Å². The van der Waals surface area contributed by atoms with Gasteiger partial charge in [-0.05, 0) is 13.3 Å². The van der Waals surface area contributed by atoms with Gasteiger partial charge in [0.2, 0.25) is 0 Å². The topological polar surface area (TPSA) is 18.5 Å². The molecule has 0 heterocycles. The van der Waals surface area contributed by atoms with Crippen molar-refractivity contribution >= 4 is 0 Å². The second kappa shape index (κ2) is 6.05. The minimum absolute atomic E-state index is 0.167. The Bertz CT molecular complexity index is 48.9. The first-order valence-electron chi connectivity index (χ1n) is 3.32. The van der Waals surface area contributed by atoms with Crippen LogP contribution in [0.5, 0.6) is 0 Å². The van der Waals surface area contributed by atoms with E-state index < -0.39 is 0 Å². The van der Waals surface area contributed by atoms with E-state index in [9.17, 15) is 0 Å². The summed E-state index contributed by atoms with van der Waals surface area (Å²) in [5, 5.41) is 0. The van der Waals surface area contributed by atoms with Gasteiger partial charge in [0.25, 0.3) is 0 Å². The Hall–Kier alpha value is -0.0800. The summed E-state index contributed by atoms with van der Waals surface area (Å²) >= 11 is 0. The highest BCUT2D eigenvalue weighted by Crippen LogP contribution is 2.01. The number of ether oxygens (including phenoxy) is 2. The summed E-state index contributed by atoms with van der Waals surface area (Å²) in [6.45, 7) is 6.50. The standard InChI is InChI=1S/C7H15O2/c1-4-7(6-8-3)9-5-2/h6-7H,4-5H2,1-3H3. The largest absolute Gasteiger partial charge is 0.376 e. The first kappa shape index (κ1) is 8.92. The van der Waals surface area contributed by atoms with Gasteiger partial charge in [0.1, 0.15) is 6.61 Å². The van der Waals surface area contributed by atoms with Crippen LogP contribution in [0.2, 0.25) is 0 Å². The first-order valence-corrected chi connectivity index (χ1v) is 3.32. The van der Waals surface area contributed by atoms with E-state index in [0.29, 0.717) is 0 Å². The Balaban J connectivity index is 3.18. The first-order chi connectivity index (χ1) is 4.35. The van der Waals surface area contributed by atoms with Gasteiger partial charge in [-0.3, -0.25) is 0 Å². The van der Waals surface area contributed by atoms with E-state index in [2.05, 4.69) is 6.92 Å². The summed E-state index contributed by atoms with van der Waals surface area (Å²) in [6.07, 6.45) is 1.14. The van der Waals surface area contributed by atoms with Gasteiger partial charge < -0.3 is 9.47 Å². The molecule has 2 nitrogen and oxygen atoms in total. The Labute approximate surface area is 57.2 Å². The molecule has 0 aliphatic rings. The molecule has 1 unspecified atom stereocenters. The fraction of sp³-hybridized carbons (Fsp3) is 0.857. The van der Waals surface area contributed by atoms with E-state index in [1.165, 1.54) is 0 Å². The van der Waals surface area contributed by atoms with Crippen molar-refractivity contribution in [1.82, 2.24) is 0 Å². The van der Waals surface area contributed by atoms with Crippen LogP contribution in [-0.4, -0.2) is 19.8 Å². The fourth-order valence-corrected chi connectivity index (χ4v) is 0.619. The van der Waals surface area contributed by atoms with Crippen LogP contribution in [0.25, 0.3) is 0 Å². The van der Waals surface area contributed by atoms with Crippen LogP contribution in [0.4, 0.5) is 0 Å². The predicted molar refractivity (Wildman–Crippen MR) is 37.0 cm³/mol. The van der Waals surface area contributed by atoms with Gasteiger partial charge in [0, 0.05) is 13.7 Å². The molecule has 0 bridgehead atoms. The molecule has 55 valence electrons. The van der Waals surface area contributed by atoms with Crippen molar-refractivity contribution in [3.63, 3.8) is 0 Å². The summed E-state index contributed by atoms with van der Waals surface area (Å²) in [6, 6.07) is 0. The average molecular weight is 131 g/mol. The van der Waals surface area contributed by atoms with Crippen molar-refractivity contribution in [1.29, 1.82) is 0 Å². The maximum absolute atomic E-state index is 5.25. The number of rotatable bonds is 5. The molecule has 1 atom stereocenters. The van der Waals surface area contributed by atoms with Crippen LogP contribution >= 0.6 is 0 Å². The smallest absolute Gasteiger partial charge is 0.112 e. The summed E-state index contributed by atoms with van der Waals surface area (Å²) in [7, 11) is 1.64. The lowest BCUT2D eigenvalue weighted by Gasteiger charge is -2.11. The van der Waals surface area contributed by atoms with Crippen LogP contribution < -0.4 is 0 Å². The maximum atomic E-state index is 5.25. The van der Waals surface area contributed by atoms with Crippen LogP contribution in [-0.2, 0) is 9.47 Å². The normalized spacial score (nSPS) is 13.7. The Kier molecular flexibility index (Phi) is 5.99. The molecule has 0 aliphatic carbocycles. The monoisotopic (exact) mass is 131 g/mol. The molecule has 0 aromatic rings. The van der Waals surface area contributed by atoms with E-state index in [1.54, 1.807) is 13.7 Å². The molecule has 0 aliphatic heterocycles. The second-order valence-corrected chi connectivity index (χ2v) is 1.77. The zero-order valence-corrected chi connectivity index (χ0v) is 6.39. The van der Waals surface area contributed by atoms with E-state index in [-0.39, 0.29) is 6.10 Å². The van der Waals surface area contributed by atoms with E-state index >= 15 is 0 Å². The highest BCUT2D eigenvalue weighted by atomic mass is 16.5. The third-order valence-corrected chi connectivity index (χ3v) is 1.07. The Morgan fingerprint density at radius 1 is 1.44 bits per heavy atom. The van der Waals surface area contributed by atoms with Crippen molar-refractivity contribution in [2.45, 2.75) is 26.4 Å². The minimum Gasteiger partial charge on any atom is -0.376 e. The van der Waals surface area contributed by atoms with Crippen molar-refractivity contribution in [3.05, 3.63) is 6.61 Å². The average Bonchev–Trinajstić information content (AvgIpc) is 1.88. The van der Waals surface area contributed by atoms with Gasteiger partial charge >= 0.3 is 0 Å². The molecule has 1 radical (unpaired) electrons. The molecule has 0 fully saturated rings. The molecule has 0 rings (SSSR count). The summed E-state index contributed by atoms with van der Waals surface area (Å²) < 4.78 is 10.0. The molecular formula is C7H15O2. The van der Waals surface area contributed by atoms with Crippen LogP contribution in [0.15, 0.2) is 0 Å². The highest BCUT2D eigenvalue weighted by Gasteiger charge is 2.03. The third kappa shape index (κ3) is 4.43. The number of hydrogen-bond acceptors (Lipinski definition) is 2. The lowest BCUT2D eigenvalue weighted by Crippen LogP contribution is -2.12. The van der Waals surface area contributed by atoms with Crippen LogP contribution in [0.1, 0.15) is 20.3 Å². The van der Waals surface area contributed by atoms with Gasteiger partial charge in [-0.25, -0.2) is 0 Å². The zero-order chi connectivity index (χ0) is 7.11. The van der Waals surface area contributed by atoms with Crippen LogP contribution in [0, 0.1) is 6.61 Å². The summed E-state index contributed by atoms with van der Waals surface area (Å²) in [5.41, 5.74) is 0. The molecule has 9 heavy (non-hydrogen) atoms. The zero-order valence-electron chi connectivity index (χ0n) is 6.39. The fourth-order valence-electron chi connectivity index (χ4n) is 0.619. The molecule has 0 spiro atoms.